The summed E-state index contributed by atoms with van der Waals surface area (Å²) in [5.41, 5.74) is 7.41. The van der Waals surface area contributed by atoms with Gasteiger partial charge in [0, 0.05) is 36.2 Å². The van der Waals surface area contributed by atoms with Crippen LogP contribution < -0.4 is 4.90 Å². The first-order chi connectivity index (χ1) is 15.4. The van der Waals surface area contributed by atoms with Gasteiger partial charge in [0.15, 0.2) is 5.82 Å². The van der Waals surface area contributed by atoms with Crippen molar-refractivity contribution in [2.24, 2.45) is 0 Å². The summed E-state index contributed by atoms with van der Waals surface area (Å²) >= 11 is 0. The molecule has 0 bridgehead atoms. The number of hydrogen-bond donors (Lipinski definition) is 0. The van der Waals surface area contributed by atoms with Gasteiger partial charge in [-0.3, -0.25) is 0 Å². The van der Waals surface area contributed by atoms with Crippen molar-refractivity contribution >= 4 is 17.3 Å². The molecule has 32 heavy (non-hydrogen) atoms. The summed E-state index contributed by atoms with van der Waals surface area (Å²) in [7, 11) is 2.13. The van der Waals surface area contributed by atoms with E-state index >= 15 is 0 Å². The molecule has 0 saturated carbocycles. The molecule has 8 heteroatoms. The third kappa shape index (κ3) is 3.57. The topological polar surface area (TPSA) is 77.5 Å². The highest BCUT2D eigenvalue weighted by molar-refractivity contribution is 5.88. The van der Waals surface area contributed by atoms with Crippen LogP contribution in [-0.2, 0) is 0 Å². The van der Waals surface area contributed by atoms with Crippen LogP contribution >= 0.6 is 0 Å². The number of anilines is 1. The molecular weight excluding hydrogens is 400 g/mol. The van der Waals surface area contributed by atoms with Crippen molar-refractivity contribution < 1.29 is 0 Å². The molecule has 162 valence electrons. The minimum Gasteiger partial charge on any atom is -0.374 e. The predicted octanol–water partition coefficient (Wildman–Crippen LogP) is 3.86. The van der Waals surface area contributed by atoms with E-state index in [1.807, 2.05) is 39.8 Å². The van der Waals surface area contributed by atoms with Crippen molar-refractivity contribution in [1.82, 2.24) is 34.5 Å². The number of fused-ring (bicyclic) bond motifs is 1. The number of benzene rings is 1. The maximum Gasteiger partial charge on any atom is 0.256 e. The van der Waals surface area contributed by atoms with Crippen LogP contribution in [0.4, 0.5) is 5.69 Å². The van der Waals surface area contributed by atoms with Crippen LogP contribution in [0.1, 0.15) is 40.6 Å². The molecule has 1 aliphatic heterocycles. The van der Waals surface area contributed by atoms with Crippen LogP contribution in [0.2, 0.25) is 0 Å². The second-order valence-electron chi connectivity index (χ2n) is 8.33. The van der Waals surface area contributed by atoms with Gasteiger partial charge in [0.25, 0.3) is 11.9 Å². The minimum absolute atomic E-state index is 0.487. The van der Waals surface area contributed by atoms with Gasteiger partial charge in [-0.25, -0.2) is 9.36 Å². The van der Waals surface area contributed by atoms with Crippen LogP contribution in [-0.4, -0.2) is 48.1 Å². The molecule has 0 amide bonds. The summed E-state index contributed by atoms with van der Waals surface area (Å²) in [5, 5.41) is 9.17. The smallest absolute Gasteiger partial charge is 0.256 e. The van der Waals surface area contributed by atoms with E-state index < -0.39 is 0 Å². The van der Waals surface area contributed by atoms with Gasteiger partial charge in [0.1, 0.15) is 0 Å². The number of para-hydroxylation sites is 1. The summed E-state index contributed by atoms with van der Waals surface area (Å²) in [4.78, 5) is 16.5. The molecule has 0 atom stereocenters. The molecule has 0 saturated heterocycles. The number of nitrogens with zero attached hydrogens (tertiary/aromatic N) is 8. The Balaban J connectivity index is 1.69. The maximum atomic E-state index is 4.77. The molecule has 0 N–H and O–H groups in total. The van der Waals surface area contributed by atoms with Crippen molar-refractivity contribution in [2.75, 3.05) is 18.5 Å². The molecule has 4 heterocycles. The summed E-state index contributed by atoms with van der Waals surface area (Å²) in [6.45, 7) is 8.87. The Hall–Kier alpha value is -3.81. The lowest BCUT2D eigenvalue weighted by atomic mass is 9.96. The zero-order valence-electron chi connectivity index (χ0n) is 19.0. The lowest BCUT2D eigenvalue weighted by Crippen LogP contribution is -2.24. The van der Waals surface area contributed by atoms with Crippen molar-refractivity contribution in [3.8, 4) is 11.9 Å². The molecule has 5 rings (SSSR count). The number of aryl methyl sites for hydroxylation is 4. The molecule has 0 fully saturated rings. The normalized spacial score (nSPS) is 14.8. The van der Waals surface area contributed by atoms with Crippen LogP contribution in [0.5, 0.6) is 0 Å². The molecule has 0 aliphatic carbocycles. The summed E-state index contributed by atoms with van der Waals surface area (Å²) in [6.07, 6.45) is 2.99. The van der Waals surface area contributed by atoms with Gasteiger partial charge in [0.2, 0.25) is 0 Å². The van der Waals surface area contributed by atoms with Gasteiger partial charge in [-0.05, 0) is 64.0 Å². The van der Waals surface area contributed by atoms with Gasteiger partial charge < -0.3 is 4.90 Å². The molecule has 0 spiro atoms. The van der Waals surface area contributed by atoms with Crippen LogP contribution in [0, 0.1) is 27.7 Å². The van der Waals surface area contributed by atoms with Crippen molar-refractivity contribution in [3.63, 3.8) is 0 Å². The quantitative estimate of drug-likeness (QED) is 0.495. The number of aromatic nitrogens is 7. The first-order valence-electron chi connectivity index (χ1n) is 10.7. The van der Waals surface area contributed by atoms with E-state index in [0.717, 1.165) is 35.7 Å². The Morgan fingerprint density at radius 3 is 1.97 bits per heavy atom. The van der Waals surface area contributed by atoms with Gasteiger partial charge in [0.05, 0.1) is 11.4 Å². The summed E-state index contributed by atoms with van der Waals surface area (Å²) in [5.74, 6) is 1.57. The molecule has 1 aliphatic rings. The highest BCUT2D eigenvalue weighted by atomic mass is 15.4. The maximum absolute atomic E-state index is 4.77. The third-order valence-corrected chi connectivity index (χ3v) is 5.71. The van der Waals surface area contributed by atoms with E-state index in [1.165, 1.54) is 16.8 Å². The standard InChI is InChI=1S/C24H26N8/c1-15-12-17(3)31(28-15)23-25-22(26-24(27-23)32-18(4)13-16(2)29-32)14-19-10-11-30(5)21-9-7-6-8-20(19)21/h6-9,12-14H,10-11H2,1-5H3/b19-14+. The third-order valence-electron chi connectivity index (χ3n) is 5.71. The zero-order valence-corrected chi connectivity index (χ0v) is 19.0. The minimum atomic E-state index is 0.487. The average Bonchev–Trinajstić information content (AvgIpc) is 3.29. The van der Waals surface area contributed by atoms with E-state index in [4.69, 9.17) is 15.0 Å². The fraction of sp³-hybridized carbons (Fsp3) is 0.292. The van der Waals surface area contributed by atoms with Gasteiger partial charge >= 0.3 is 0 Å². The largest absolute Gasteiger partial charge is 0.374 e. The fourth-order valence-corrected chi connectivity index (χ4v) is 4.21. The predicted molar refractivity (Wildman–Crippen MR) is 125 cm³/mol. The van der Waals surface area contributed by atoms with Crippen LogP contribution in [0.15, 0.2) is 36.4 Å². The Labute approximate surface area is 187 Å². The van der Waals surface area contributed by atoms with Gasteiger partial charge in [-0.15, -0.1) is 0 Å². The molecular formula is C24H26N8. The molecule has 0 radical (unpaired) electrons. The average molecular weight is 427 g/mol. The SMILES string of the molecule is Cc1cc(C)n(-c2nc(/C=C3\CCN(C)c4ccccc43)nc(-n3nc(C)cc3C)n2)n1. The lowest BCUT2D eigenvalue weighted by Gasteiger charge is -2.29. The van der Waals surface area contributed by atoms with Crippen LogP contribution in [0.25, 0.3) is 23.5 Å². The second-order valence-corrected chi connectivity index (χ2v) is 8.33. The first-order valence-corrected chi connectivity index (χ1v) is 10.7. The van der Waals surface area contributed by atoms with Crippen molar-refractivity contribution in [1.29, 1.82) is 0 Å². The van der Waals surface area contributed by atoms with Gasteiger partial charge in [-0.2, -0.15) is 25.1 Å². The Kier molecular flexibility index (Phi) is 4.84. The molecule has 0 unspecified atom stereocenters. The van der Waals surface area contributed by atoms with Crippen molar-refractivity contribution in [2.45, 2.75) is 34.1 Å². The monoisotopic (exact) mass is 426 g/mol. The highest BCUT2D eigenvalue weighted by Crippen LogP contribution is 2.34. The molecule has 1 aromatic carbocycles. The molecule has 3 aromatic heterocycles. The first kappa shape index (κ1) is 20.1. The Morgan fingerprint density at radius 2 is 1.41 bits per heavy atom. The van der Waals surface area contributed by atoms with E-state index in [9.17, 15) is 0 Å². The van der Waals surface area contributed by atoms with E-state index in [0.29, 0.717) is 17.7 Å². The number of hydrogen-bond acceptors (Lipinski definition) is 6. The number of rotatable bonds is 3. The second kappa shape index (κ2) is 7.71. The van der Waals surface area contributed by atoms with E-state index in [2.05, 4.69) is 52.5 Å². The molecule has 8 nitrogen and oxygen atoms in total. The van der Waals surface area contributed by atoms with E-state index in [-0.39, 0.29) is 0 Å². The van der Waals surface area contributed by atoms with Crippen molar-refractivity contribution in [3.05, 3.63) is 70.6 Å². The van der Waals surface area contributed by atoms with Gasteiger partial charge in [-0.1, -0.05) is 18.2 Å². The highest BCUT2D eigenvalue weighted by Gasteiger charge is 2.19. The Bertz CT molecular complexity index is 1280. The lowest BCUT2D eigenvalue weighted by molar-refractivity contribution is 0.714. The summed E-state index contributed by atoms with van der Waals surface area (Å²) in [6, 6.07) is 12.5. The molecule has 4 aromatic rings. The zero-order chi connectivity index (χ0) is 22.4. The summed E-state index contributed by atoms with van der Waals surface area (Å²) < 4.78 is 3.52. The fourth-order valence-electron chi connectivity index (χ4n) is 4.21. The Morgan fingerprint density at radius 1 is 0.812 bits per heavy atom. The van der Waals surface area contributed by atoms with Crippen LogP contribution in [0.3, 0.4) is 0 Å². The van der Waals surface area contributed by atoms with E-state index in [1.54, 1.807) is 9.36 Å².